The lowest BCUT2D eigenvalue weighted by molar-refractivity contribution is -0.122. The summed E-state index contributed by atoms with van der Waals surface area (Å²) in [6.45, 7) is 6.82. The fourth-order valence-electron chi connectivity index (χ4n) is 4.66. The van der Waals surface area contributed by atoms with Crippen molar-refractivity contribution in [2.75, 3.05) is 18.8 Å². The molecule has 0 bridgehead atoms. The largest absolute Gasteiger partial charge is 0.354 e. The first-order valence-corrected chi connectivity index (χ1v) is 11.2. The molecule has 0 unspecified atom stereocenters. The smallest absolute Gasteiger partial charge is 0.220 e. The fourth-order valence-corrected chi connectivity index (χ4v) is 5.77. The van der Waals surface area contributed by atoms with Crippen molar-refractivity contribution in [3.05, 3.63) is 35.4 Å². The Labute approximate surface area is 157 Å². The molecule has 144 valence electrons. The van der Waals surface area contributed by atoms with E-state index >= 15 is 0 Å². The lowest BCUT2D eigenvalue weighted by Gasteiger charge is -2.39. The average molecular weight is 379 g/mol. The van der Waals surface area contributed by atoms with Crippen LogP contribution in [0.25, 0.3) is 0 Å². The van der Waals surface area contributed by atoms with E-state index in [2.05, 4.69) is 23.5 Å². The van der Waals surface area contributed by atoms with Gasteiger partial charge in [-0.05, 0) is 62.5 Å². The van der Waals surface area contributed by atoms with Crippen molar-refractivity contribution in [1.82, 2.24) is 9.62 Å². The number of hydrogen-bond acceptors (Lipinski definition) is 3. The van der Waals surface area contributed by atoms with Crippen molar-refractivity contribution in [1.29, 1.82) is 0 Å². The number of hydrogen-bond donors (Lipinski definition) is 1. The third kappa shape index (κ3) is 3.67. The molecule has 1 heterocycles. The predicted molar refractivity (Wildman–Crippen MR) is 104 cm³/mol. The molecule has 1 N–H and O–H groups in total. The van der Waals surface area contributed by atoms with Crippen LogP contribution in [0.3, 0.4) is 0 Å². The number of rotatable bonds is 5. The monoisotopic (exact) mass is 378 g/mol. The number of benzene rings is 1. The quantitative estimate of drug-likeness (QED) is 0.857. The van der Waals surface area contributed by atoms with Gasteiger partial charge in [-0.2, -0.15) is 0 Å². The molecule has 1 amide bonds. The maximum atomic E-state index is 12.3. The van der Waals surface area contributed by atoms with Crippen LogP contribution in [-0.2, 0) is 20.2 Å². The van der Waals surface area contributed by atoms with Crippen molar-refractivity contribution in [3.8, 4) is 0 Å². The first kappa shape index (κ1) is 19.4. The Bertz CT molecular complexity index is 765. The Morgan fingerprint density at radius 3 is 2.54 bits per heavy atom. The Morgan fingerprint density at radius 1 is 1.27 bits per heavy atom. The zero-order valence-electron chi connectivity index (χ0n) is 16.0. The molecule has 1 spiro atoms. The summed E-state index contributed by atoms with van der Waals surface area (Å²) in [5, 5.41) is 3.00. The zero-order chi connectivity index (χ0) is 18.9. The van der Waals surface area contributed by atoms with Gasteiger partial charge in [0.05, 0.1) is 5.75 Å². The molecule has 1 fully saturated rings. The Kier molecular flexibility index (Phi) is 5.45. The molecule has 1 saturated heterocycles. The number of nitrogens with zero attached hydrogens (tertiary/aromatic N) is 1. The Balaban J connectivity index is 1.79. The van der Waals surface area contributed by atoms with Crippen LogP contribution < -0.4 is 5.32 Å². The van der Waals surface area contributed by atoms with E-state index in [-0.39, 0.29) is 29.0 Å². The minimum atomic E-state index is -3.12. The lowest BCUT2D eigenvalue weighted by atomic mass is 9.73. The van der Waals surface area contributed by atoms with Crippen molar-refractivity contribution >= 4 is 15.9 Å². The van der Waals surface area contributed by atoms with Crippen LogP contribution in [0.1, 0.15) is 63.5 Å². The third-order valence-corrected chi connectivity index (χ3v) is 7.81. The molecule has 1 aromatic rings. The normalized spacial score (nSPS) is 22.5. The molecule has 3 rings (SSSR count). The molecule has 1 atom stereocenters. The number of nitrogens with one attached hydrogen (secondary N) is 1. The van der Waals surface area contributed by atoms with Gasteiger partial charge in [-0.25, -0.2) is 12.7 Å². The topological polar surface area (TPSA) is 66.5 Å². The van der Waals surface area contributed by atoms with Gasteiger partial charge in [0.1, 0.15) is 0 Å². The van der Waals surface area contributed by atoms with E-state index in [4.69, 9.17) is 0 Å². The number of amides is 1. The van der Waals surface area contributed by atoms with Crippen LogP contribution in [0.2, 0.25) is 0 Å². The fraction of sp³-hybridized carbons (Fsp3) is 0.650. The number of fused-ring (bicyclic) bond motifs is 2. The highest BCUT2D eigenvalue weighted by Crippen LogP contribution is 2.52. The minimum absolute atomic E-state index is 0.0130. The Hall–Kier alpha value is -1.40. The van der Waals surface area contributed by atoms with E-state index in [1.54, 1.807) is 11.2 Å². The van der Waals surface area contributed by atoms with Crippen LogP contribution in [0.15, 0.2) is 24.3 Å². The Morgan fingerprint density at radius 2 is 1.92 bits per heavy atom. The summed E-state index contributed by atoms with van der Waals surface area (Å²) in [5.74, 6) is 0.483. The number of piperidine rings is 1. The summed E-state index contributed by atoms with van der Waals surface area (Å²) in [4.78, 5) is 12.3. The van der Waals surface area contributed by atoms with Crippen LogP contribution in [0.5, 0.6) is 0 Å². The minimum Gasteiger partial charge on any atom is -0.354 e. The van der Waals surface area contributed by atoms with E-state index in [0.29, 0.717) is 19.5 Å². The highest BCUT2D eigenvalue weighted by Gasteiger charge is 2.46. The first-order valence-electron chi connectivity index (χ1n) is 9.64. The SMILES string of the molecule is CCS(=O)(=O)N1CCC2(CC1)C[C@H](CC(=O)NC(C)C)c1ccccc12. The van der Waals surface area contributed by atoms with Gasteiger partial charge in [0.15, 0.2) is 0 Å². The summed E-state index contributed by atoms with van der Waals surface area (Å²) >= 11 is 0. The standard InChI is InChI=1S/C20H30N2O3S/c1-4-26(24,25)22-11-9-20(10-12-22)14-16(13-19(23)21-15(2)3)17-7-5-6-8-18(17)20/h5-8,15-16H,4,9-14H2,1-3H3,(H,21,23)/t16-/m0/s1. The van der Waals surface area contributed by atoms with Gasteiger partial charge in [0, 0.05) is 25.6 Å². The average Bonchev–Trinajstić information content (AvgIpc) is 2.88. The first-order chi connectivity index (χ1) is 12.3. The van der Waals surface area contributed by atoms with Crippen molar-refractivity contribution < 1.29 is 13.2 Å². The predicted octanol–water partition coefficient (Wildman–Crippen LogP) is 2.77. The van der Waals surface area contributed by atoms with Crippen LogP contribution >= 0.6 is 0 Å². The van der Waals surface area contributed by atoms with Gasteiger partial charge in [-0.15, -0.1) is 0 Å². The summed E-state index contributed by atoms with van der Waals surface area (Å²) in [5.41, 5.74) is 2.62. The highest BCUT2D eigenvalue weighted by atomic mass is 32.2. The molecule has 1 aromatic carbocycles. The number of sulfonamides is 1. The second kappa shape index (κ2) is 7.31. The van der Waals surface area contributed by atoms with Gasteiger partial charge < -0.3 is 5.32 Å². The van der Waals surface area contributed by atoms with Gasteiger partial charge in [0.25, 0.3) is 0 Å². The summed E-state index contributed by atoms with van der Waals surface area (Å²) < 4.78 is 26.0. The van der Waals surface area contributed by atoms with Crippen LogP contribution in [0, 0.1) is 0 Å². The summed E-state index contributed by atoms with van der Waals surface area (Å²) in [7, 11) is -3.12. The second-order valence-electron chi connectivity index (χ2n) is 7.99. The van der Waals surface area contributed by atoms with Gasteiger partial charge in [0.2, 0.25) is 15.9 Å². The van der Waals surface area contributed by atoms with E-state index < -0.39 is 10.0 Å². The molecule has 1 aliphatic carbocycles. The molecule has 0 saturated carbocycles. The molecule has 2 aliphatic rings. The summed E-state index contributed by atoms with van der Waals surface area (Å²) in [6.07, 6.45) is 3.13. The van der Waals surface area contributed by atoms with E-state index in [1.165, 1.54) is 11.1 Å². The molecular formula is C20H30N2O3S. The molecule has 6 heteroatoms. The van der Waals surface area contributed by atoms with E-state index in [9.17, 15) is 13.2 Å². The van der Waals surface area contributed by atoms with Gasteiger partial charge in [-0.3, -0.25) is 4.79 Å². The molecule has 0 radical (unpaired) electrons. The molecule has 5 nitrogen and oxygen atoms in total. The van der Waals surface area contributed by atoms with Gasteiger partial charge >= 0.3 is 0 Å². The van der Waals surface area contributed by atoms with Crippen LogP contribution in [0.4, 0.5) is 0 Å². The molecule has 0 aromatic heterocycles. The third-order valence-electron chi connectivity index (χ3n) is 5.93. The summed E-state index contributed by atoms with van der Waals surface area (Å²) in [6, 6.07) is 8.58. The number of carbonyl (C=O) groups excluding carboxylic acids is 1. The number of carbonyl (C=O) groups is 1. The van der Waals surface area contributed by atoms with Crippen molar-refractivity contribution in [3.63, 3.8) is 0 Å². The van der Waals surface area contributed by atoms with E-state index in [0.717, 1.165) is 19.3 Å². The van der Waals surface area contributed by atoms with Crippen molar-refractivity contribution in [2.24, 2.45) is 0 Å². The molecule has 26 heavy (non-hydrogen) atoms. The maximum absolute atomic E-state index is 12.3. The zero-order valence-corrected chi connectivity index (χ0v) is 16.8. The lowest BCUT2D eigenvalue weighted by Crippen LogP contribution is -2.45. The van der Waals surface area contributed by atoms with Crippen molar-refractivity contribution in [2.45, 2.75) is 63.8 Å². The van der Waals surface area contributed by atoms with Crippen LogP contribution in [-0.4, -0.2) is 43.5 Å². The van der Waals surface area contributed by atoms with Gasteiger partial charge in [-0.1, -0.05) is 24.3 Å². The molecular weight excluding hydrogens is 348 g/mol. The maximum Gasteiger partial charge on any atom is 0.220 e. The highest BCUT2D eigenvalue weighted by molar-refractivity contribution is 7.89. The second-order valence-corrected chi connectivity index (χ2v) is 10.3. The molecule has 1 aliphatic heterocycles. The van der Waals surface area contributed by atoms with E-state index in [1.807, 2.05) is 19.9 Å².